The molecule has 0 spiro atoms. The van der Waals surface area contributed by atoms with Crippen molar-refractivity contribution in [2.75, 3.05) is 0 Å². The summed E-state index contributed by atoms with van der Waals surface area (Å²) in [6, 6.07) is 0. The van der Waals surface area contributed by atoms with Crippen molar-refractivity contribution < 1.29 is 0 Å². The van der Waals surface area contributed by atoms with E-state index in [1.54, 1.807) is 0 Å². The van der Waals surface area contributed by atoms with Crippen molar-refractivity contribution in [3.05, 3.63) is 17.7 Å². The van der Waals surface area contributed by atoms with Gasteiger partial charge in [0, 0.05) is 19.3 Å². The van der Waals surface area contributed by atoms with Crippen molar-refractivity contribution in [1.29, 1.82) is 0 Å². The summed E-state index contributed by atoms with van der Waals surface area (Å²) in [4.78, 5) is 4.31. The van der Waals surface area contributed by atoms with E-state index in [2.05, 4.69) is 16.5 Å². The number of aryl methyl sites for hydroxylation is 1. The zero-order chi connectivity index (χ0) is 9.97. The monoisotopic (exact) mass is 193 g/mol. The Hall–Kier alpha value is -0.830. The number of nitrogens with zero attached hydrogens (tertiary/aromatic N) is 2. The van der Waals surface area contributed by atoms with Gasteiger partial charge < -0.3 is 10.3 Å². The van der Waals surface area contributed by atoms with E-state index in [1.807, 2.05) is 6.20 Å². The fourth-order valence-corrected chi connectivity index (χ4v) is 2.38. The summed E-state index contributed by atoms with van der Waals surface area (Å²) in [5.74, 6) is 1.96. The van der Waals surface area contributed by atoms with Gasteiger partial charge in [0.15, 0.2) is 0 Å². The normalized spacial score (nSPS) is 17.9. The van der Waals surface area contributed by atoms with Crippen LogP contribution in [0.5, 0.6) is 0 Å². The zero-order valence-corrected chi connectivity index (χ0v) is 8.87. The Labute approximate surface area is 85.3 Å². The number of nitrogens with two attached hydrogens (primary N) is 1. The number of rotatable bonds is 3. The van der Waals surface area contributed by atoms with Crippen LogP contribution in [-0.2, 0) is 13.1 Å². The van der Waals surface area contributed by atoms with Crippen LogP contribution in [0.1, 0.15) is 37.2 Å². The SMILES string of the molecule is Cc1ncc(CN)n1CC1CCCC1. The van der Waals surface area contributed by atoms with Gasteiger partial charge in [-0.2, -0.15) is 0 Å². The lowest BCUT2D eigenvalue weighted by molar-refractivity contribution is 0.442. The highest BCUT2D eigenvalue weighted by molar-refractivity contribution is 5.04. The Morgan fingerprint density at radius 1 is 1.50 bits per heavy atom. The highest BCUT2D eigenvalue weighted by Crippen LogP contribution is 2.26. The minimum Gasteiger partial charge on any atom is -0.331 e. The lowest BCUT2D eigenvalue weighted by Gasteiger charge is -2.14. The molecule has 3 nitrogen and oxygen atoms in total. The molecule has 0 unspecified atom stereocenters. The van der Waals surface area contributed by atoms with Gasteiger partial charge in [0.1, 0.15) is 5.82 Å². The maximum Gasteiger partial charge on any atom is 0.105 e. The molecule has 2 rings (SSSR count). The van der Waals surface area contributed by atoms with E-state index in [-0.39, 0.29) is 0 Å². The molecule has 1 aromatic rings. The zero-order valence-electron chi connectivity index (χ0n) is 8.87. The van der Waals surface area contributed by atoms with Gasteiger partial charge in [-0.1, -0.05) is 12.8 Å². The fraction of sp³-hybridized carbons (Fsp3) is 0.727. The largest absolute Gasteiger partial charge is 0.331 e. The Kier molecular flexibility index (Phi) is 2.87. The number of hydrogen-bond acceptors (Lipinski definition) is 2. The molecule has 0 amide bonds. The molecule has 0 radical (unpaired) electrons. The first-order valence-electron chi connectivity index (χ1n) is 5.52. The van der Waals surface area contributed by atoms with Crippen molar-refractivity contribution >= 4 is 0 Å². The summed E-state index contributed by atoms with van der Waals surface area (Å²) < 4.78 is 2.29. The minimum atomic E-state index is 0.605. The van der Waals surface area contributed by atoms with Crippen LogP contribution in [0, 0.1) is 12.8 Å². The van der Waals surface area contributed by atoms with Gasteiger partial charge in [0.2, 0.25) is 0 Å². The van der Waals surface area contributed by atoms with E-state index in [9.17, 15) is 0 Å². The molecule has 0 aliphatic heterocycles. The third kappa shape index (κ3) is 1.82. The van der Waals surface area contributed by atoms with E-state index >= 15 is 0 Å². The van der Waals surface area contributed by atoms with Crippen molar-refractivity contribution in [2.24, 2.45) is 11.7 Å². The highest BCUT2D eigenvalue weighted by Gasteiger charge is 2.17. The van der Waals surface area contributed by atoms with Crippen molar-refractivity contribution in [3.63, 3.8) is 0 Å². The Morgan fingerprint density at radius 2 is 2.21 bits per heavy atom. The van der Waals surface area contributed by atoms with Crippen LogP contribution >= 0.6 is 0 Å². The van der Waals surface area contributed by atoms with Gasteiger partial charge in [-0.25, -0.2) is 4.98 Å². The van der Waals surface area contributed by atoms with Gasteiger partial charge in [-0.3, -0.25) is 0 Å². The van der Waals surface area contributed by atoms with Crippen LogP contribution in [0.25, 0.3) is 0 Å². The predicted octanol–water partition coefficient (Wildman–Crippen LogP) is 1.84. The highest BCUT2D eigenvalue weighted by atomic mass is 15.1. The summed E-state index contributed by atoms with van der Waals surface area (Å²) in [5, 5.41) is 0. The first-order valence-corrected chi connectivity index (χ1v) is 5.52. The minimum absolute atomic E-state index is 0.605. The molecule has 0 atom stereocenters. The maximum absolute atomic E-state index is 5.68. The first-order chi connectivity index (χ1) is 6.81. The van der Waals surface area contributed by atoms with Crippen molar-refractivity contribution in [2.45, 2.75) is 45.7 Å². The molecule has 78 valence electrons. The van der Waals surface area contributed by atoms with Gasteiger partial charge in [-0.15, -0.1) is 0 Å². The molecule has 0 aromatic carbocycles. The Morgan fingerprint density at radius 3 is 2.86 bits per heavy atom. The van der Waals surface area contributed by atoms with Crippen LogP contribution in [0.2, 0.25) is 0 Å². The molecule has 1 saturated carbocycles. The van der Waals surface area contributed by atoms with E-state index in [4.69, 9.17) is 5.73 Å². The van der Waals surface area contributed by atoms with Crippen LogP contribution < -0.4 is 5.73 Å². The molecule has 1 fully saturated rings. The van der Waals surface area contributed by atoms with Gasteiger partial charge in [0.05, 0.1) is 5.69 Å². The summed E-state index contributed by atoms with van der Waals surface area (Å²) >= 11 is 0. The average molecular weight is 193 g/mol. The van der Waals surface area contributed by atoms with E-state index in [1.165, 1.54) is 31.4 Å². The maximum atomic E-state index is 5.68. The third-order valence-corrected chi connectivity index (χ3v) is 3.26. The second kappa shape index (κ2) is 4.13. The summed E-state index contributed by atoms with van der Waals surface area (Å²) in [6.45, 7) is 3.79. The van der Waals surface area contributed by atoms with Crippen LogP contribution in [-0.4, -0.2) is 9.55 Å². The molecule has 0 saturated heterocycles. The van der Waals surface area contributed by atoms with Crippen molar-refractivity contribution in [1.82, 2.24) is 9.55 Å². The van der Waals surface area contributed by atoms with Crippen LogP contribution in [0.4, 0.5) is 0 Å². The van der Waals surface area contributed by atoms with Crippen molar-refractivity contribution in [3.8, 4) is 0 Å². The van der Waals surface area contributed by atoms with Crippen LogP contribution in [0.15, 0.2) is 6.20 Å². The second-order valence-electron chi connectivity index (χ2n) is 4.26. The molecule has 1 aromatic heterocycles. The molecule has 1 aliphatic rings. The third-order valence-electron chi connectivity index (χ3n) is 3.26. The van der Waals surface area contributed by atoms with E-state index in [0.717, 1.165) is 18.3 Å². The fourth-order valence-electron chi connectivity index (χ4n) is 2.38. The average Bonchev–Trinajstić information content (AvgIpc) is 2.79. The van der Waals surface area contributed by atoms with Gasteiger partial charge in [0.25, 0.3) is 0 Å². The lowest BCUT2D eigenvalue weighted by atomic mass is 10.1. The van der Waals surface area contributed by atoms with E-state index < -0.39 is 0 Å². The molecule has 3 heteroatoms. The van der Waals surface area contributed by atoms with E-state index in [0.29, 0.717) is 6.54 Å². The summed E-state index contributed by atoms with van der Waals surface area (Å²) in [5.41, 5.74) is 6.85. The summed E-state index contributed by atoms with van der Waals surface area (Å²) in [7, 11) is 0. The summed E-state index contributed by atoms with van der Waals surface area (Å²) in [6.07, 6.45) is 7.46. The van der Waals surface area contributed by atoms with Crippen LogP contribution in [0.3, 0.4) is 0 Å². The molecule has 1 heterocycles. The molecule has 0 bridgehead atoms. The number of imidazole rings is 1. The molecular weight excluding hydrogens is 174 g/mol. The Balaban J connectivity index is 2.09. The number of hydrogen-bond donors (Lipinski definition) is 1. The molecule has 14 heavy (non-hydrogen) atoms. The number of aromatic nitrogens is 2. The van der Waals surface area contributed by atoms with Gasteiger partial charge in [-0.05, 0) is 25.7 Å². The smallest absolute Gasteiger partial charge is 0.105 e. The Bertz CT molecular complexity index is 297. The molecule has 2 N–H and O–H groups in total. The lowest BCUT2D eigenvalue weighted by Crippen LogP contribution is -2.13. The van der Waals surface area contributed by atoms with Gasteiger partial charge >= 0.3 is 0 Å². The first kappa shape index (κ1) is 9.71. The molecular formula is C11H19N3. The standard InChI is InChI=1S/C11H19N3/c1-9-13-7-11(6-12)14(9)8-10-4-2-3-5-10/h7,10H,2-6,8,12H2,1H3. The predicted molar refractivity (Wildman–Crippen MR) is 56.8 cm³/mol. The topological polar surface area (TPSA) is 43.8 Å². The quantitative estimate of drug-likeness (QED) is 0.796. The molecule has 1 aliphatic carbocycles. The second-order valence-corrected chi connectivity index (χ2v) is 4.26.